The summed E-state index contributed by atoms with van der Waals surface area (Å²) in [5.41, 5.74) is 6.82. The van der Waals surface area contributed by atoms with E-state index in [-0.39, 0.29) is 0 Å². The number of hydrogen-bond donors (Lipinski definition) is 2. The van der Waals surface area contributed by atoms with Crippen molar-refractivity contribution in [2.24, 2.45) is 0 Å². The third-order valence-corrected chi connectivity index (χ3v) is 7.77. The van der Waals surface area contributed by atoms with E-state index in [0.29, 0.717) is 13.1 Å². The van der Waals surface area contributed by atoms with E-state index in [0.717, 1.165) is 27.8 Å². The molecule has 3 nitrogen and oxygen atoms in total. The second-order valence-electron chi connectivity index (χ2n) is 10.3. The molecule has 0 saturated carbocycles. The van der Waals surface area contributed by atoms with Crippen molar-refractivity contribution in [3.8, 4) is 22.4 Å². The molecule has 194 valence electrons. The number of anilines is 1. The minimum atomic E-state index is -0.611. The summed E-state index contributed by atoms with van der Waals surface area (Å²) in [7, 11) is 0. The van der Waals surface area contributed by atoms with Gasteiger partial charge < -0.3 is 15.0 Å². The zero-order valence-corrected chi connectivity index (χ0v) is 22.2. The number of aliphatic hydroxyl groups excluding tert-OH is 1. The van der Waals surface area contributed by atoms with E-state index in [4.69, 9.17) is 0 Å². The average molecular weight is 519 g/mol. The van der Waals surface area contributed by atoms with Crippen LogP contribution in [0.2, 0.25) is 0 Å². The van der Waals surface area contributed by atoms with Gasteiger partial charge in [-0.05, 0) is 28.0 Å². The van der Waals surface area contributed by atoms with E-state index < -0.39 is 6.10 Å². The molecule has 2 N–H and O–H groups in total. The van der Waals surface area contributed by atoms with Gasteiger partial charge in [0.05, 0.1) is 23.9 Å². The molecule has 1 unspecified atom stereocenters. The summed E-state index contributed by atoms with van der Waals surface area (Å²) in [6.45, 7) is 0.896. The molecule has 0 radical (unpaired) electrons. The molecule has 0 saturated heterocycles. The highest BCUT2D eigenvalue weighted by Crippen LogP contribution is 2.43. The number of nitrogens with zero attached hydrogens (tertiary/aromatic N) is 1. The first-order valence-electron chi connectivity index (χ1n) is 13.8. The predicted molar refractivity (Wildman–Crippen MR) is 169 cm³/mol. The van der Waals surface area contributed by atoms with Gasteiger partial charge in [0.1, 0.15) is 0 Å². The van der Waals surface area contributed by atoms with Gasteiger partial charge in [-0.2, -0.15) is 0 Å². The van der Waals surface area contributed by atoms with Crippen LogP contribution < -0.4 is 5.32 Å². The summed E-state index contributed by atoms with van der Waals surface area (Å²) in [6, 6.07) is 48.8. The Hall–Kier alpha value is -4.86. The number of aliphatic hydroxyl groups is 1. The van der Waals surface area contributed by atoms with Gasteiger partial charge in [-0.1, -0.05) is 133 Å². The monoisotopic (exact) mass is 518 g/mol. The number of nitrogens with one attached hydrogen (secondary N) is 1. The van der Waals surface area contributed by atoms with Crippen molar-refractivity contribution in [3.05, 3.63) is 140 Å². The summed E-state index contributed by atoms with van der Waals surface area (Å²) in [6.07, 6.45) is -0.611. The van der Waals surface area contributed by atoms with E-state index in [1.807, 2.05) is 0 Å². The van der Waals surface area contributed by atoms with E-state index >= 15 is 0 Å². The third-order valence-electron chi connectivity index (χ3n) is 7.77. The molecule has 40 heavy (non-hydrogen) atoms. The van der Waals surface area contributed by atoms with Crippen molar-refractivity contribution in [1.29, 1.82) is 0 Å². The summed E-state index contributed by atoms with van der Waals surface area (Å²) >= 11 is 0. The van der Waals surface area contributed by atoms with Crippen LogP contribution in [-0.4, -0.2) is 22.3 Å². The number of benzene rings is 6. The first kappa shape index (κ1) is 24.2. The van der Waals surface area contributed by atoms with Crippen LogP contribution in [0.25, 0.3) is 54.8 Å². The Morgan fingerprint density at radius 2 is 1.15 bits per heavy atom. The van der Waals surface area contributed by atoms with Crippen LogP contribution in [0.5, 0.6) is 0 Å². The lowest BCUT2D eigenvalue weighted by molar-refractivity contribution is 0.169. The van der Waals surface area contributed by atoms with Gasteiger partial charge in [0.15, 0.2) is 0 Å². The number of rotatable bonds is 7. The van der Waals surface area contributed by atoms with Crippen LogP contribution in [0.15, 0.2) is 140 Å². The predicted octanol–water partition coefficient (Wildman–Crippen LogP) is 8.75. The fourth-order valence-corrected chi connectivity index (χ4v) is 5.98. The van der Waals surface area contributed by atoms with E-state index in [9.17, 15) is 5.11 Å². The summed E-state index contributed by atoms with van der Waals surface area (Å²) in [5.74, 6) is 0. The lowest BCUT2D eigenvalue weighted by Crippen LogP contribution is -2.25. The minimum Gasteiger partial charge on any atom is -0.389 e. The van der Waals surface area contributed by atoms with Crippen molar-refractivity contribution in [1.82, 2.24) is 4.57 Å². The lowest BCUT2D eigenvalue weighted by Gasteiger charge is -2.19. The molecule has 3 heteroatoms. The van der Waals surface area contributed by atoms with E-state index in [1.54, 1.807) is 0 Å². The van der Waals surface area contributed by atoms with Crippen molar-refractivity contribution in [3.63, 3.8) is 0 Å². The van der Waals surface area contributed by atoms with Crippen LogP contribution in [0, 0.1) is 0 Å². The molecule has 7 aromatic rings. The van der Waals surface area contributed by atoms with Crippen molar-refractivity contribution < 1.29 is 5.11 Å². The molecular weight excluding hydrogens is 488 g/mol. The maximum Gasteiger partial charge on any atom is 0.0891 e. The van der Waals surface area contributed by atoms with Crippen molar-refractivity contribution in [2.45, 2.75) is 12.6 Å². The van der Waals surface area contributed by atoms with Crippen LogP contribution >= 0.6 is 0 Å². The standard InChI is InChI=1S/C37H30N2O/c40-30(24-38-34-21-11-18-26-12-7-9-19-31(26)34)25-39-36(29-16-5-2-6-17-29)35(28-14-3-1-4-15-28)33-23-22-27-13-8-10-20-32(27)37(33)39/h1-23,30,38,40H,24-25H2. The Kier molecular flexibility index (Phi) is 6.27. The normalized spacial score (nSPS) is 12.2. The van der Waals surface area contributed by atoms with Crippen molar-refractivity contribution >= 4 is 38.1 Å². The first-order valence-corrected chi connectivity index (χ1v) is 13.8. The van der Waals surface area contributed by atoms with Crippen molar-refractivity contribution in [2.75, 3.05) is 11.9 Å². The highest BCUT2D eigenvalue weighted by molar-refractivity contribution is 6.15. The SMILES string of the molecule is OC(CNc1cccc2ccccc12)Cn1c(-c2ccccc2)c(-c2ccccc2)c2ccc3ccccc3c21. The molecule has 0 spiro atoms. The molecule has 0 fully saturated rings. The smallest absolute Gasteiger partial charge is 0.0891 e. The van der Waals surface area contributed by atoms with Crippen LogP contribution in [-0.2, 0) is 6.54 Å². The molecule has 7 rings (SSSR count). The fraction of sp³-hybridized carbons (Fsp3) is 0.0811. The quantitative estimate of drug-likeness (QED) is 0.221. The topological polar surface area (TPSA) is 37.2 Å². The van der Waals surface area contributed by atoms with Crippen LogP contribution in [0.1, 0.15) is 0 Å². The Balaban J connectivity index is 1.38. The molecule has 0 amide bonds. The molecule has 6 aromatic carbocycles. The lowest BCUT2D eigenvalue weighted by atomic mass is 9.97. The third kappa shape index (κ3) is 4.31. The van der Waals surface area contributed by atoms with E-state index in [2.05, 4.69) is 149 Å². The highest BCUT2D eigenvalue weighted by atomic mass is 16.3. The maximum atomic E-state index is 11.5. The molecule has 1 aromatic heterocycles. The zero-order chi connectivity index (χ0) is 26.9. The molecule has 0 aliphatic carbocycles. The van der Waals surface area contributed by atoms with Crippen LogP contribution in [0.3, 0.4) is 0 Å². The Morgan fingerprint density at radius 1 is 0.550 bits per heavy atom. The largest absolute Gasteiger partial charge is 0.389 e. The van der Waals surface area contributed by atoms with Gasteiger partial charge >= 0.3 is 0 Å². The first-order chi connectivity index (χ1) is 19.8. The molecule has 1 atom stereocenters. The van der Waals surface area contributed by atoms with E-state index in [1.165, 1.54) is 32.7 Å². The summed E-state index contributed by atoms with van der Waals surface area (Å²) in [4.78, 5) is 0. The summed E-state index contributed by atoms with van der Waals surface area (Å²) in [5, 5.41) is 21.0. The molecule has 0 aliphatic heterocycles. The molecular formula is C37H30N2O. The Labute approximate surface area is 234 Å². The minimum absolute atomic E-state index is 0.438. The van der Waals surface area contributed by atoms with Gasteiger partial charge in [0.2, 0.25) is 0 Å². The van der Waals surface area contributed by atoms with Gasteiger partial charge in [-0.15, -0.1) is 0 Å². The number of aromatic nitrogens is 1. The van der Waals surface area contributed by atoms with Gasteiger partial charge in [0.25, 0.3) is 0 Å². The number of hydrogen-bond acceptors (Lipinski definition) is 2. The maximum absolute atomic E-state index is 11.5. The summed E-state index contributed by atoms with van der Waals surface area (Å²) < 4.78 is 2.34. The second-order valence-corrected chi connectivity index (χ2v) is 10.3. The highest BCUT2D eigenvalue weighted by Gasteiger charge is 2.23. The Morgan fingerprint density at radius 3 is 1.90 bits per heavy atom. The molecule has 0 aliphatic rings. The molecule has 0 bridgehead atoms. The zero-order valence-electron chi connectivity index (χ0n) is 22.2. The second kappa shape index (κ2) is 10.4. The Bertz CT molecular complexity index is 1940. The number of fused-ring (bicyclic) bond motifs is 4. The van der Waals surface area contributed by atoms with Gasteiger partial charge in [-0.3, -0.25) is 0 Å². The average Bonchev–Trinajstić information content (AvgIpc) is 3.35. The van der Waals surface area contributed by atoms with Gasteiger partial charge in [-0.25, -0.2) is 0 Å². The van der Waals surface area contributed by atoms with Crippen LogP contribution in [0.4, 0.5) is 5.69 Å². The van der Waals surface area contributed by atoms with Gasteiger partial charge in [0, 0.05) is 34.0 Å². The molecule has 1 heterocycles. The fourth-order valence-electron chi connectivity index (χ4n) is 5.98.